The monoisotopic (exact) mass is 352 g/mol. The van der Waals surface area contributed by atoms with Crippen LogP contribution >= 0.6 is 23.2 Å². The van der Waals surface area contributed by atoms with Gasteiger partial charge in [0.05, 0.1) is 15.7 Å². The van der Waals surface area contributed by atoms with Gasteiger partial charge in [-0.1, -0.05) is 43.1 Å². The number of halogens is 2. The predicted molar refractivity (Wildman–Crippen MR) is 94.5 cm³/mol. The number of carbonyl (C=O) groups excluding carboxylic acids is 1. The average Bonchev–Trinajstić information content (AvgIpc) is 2.48. The van der Waals surface area contributed by atoms with E-state index in [4.69, 9.17) is 23.2 Å². The second-order valence-electron chi connectivity index (χ2n) is 5.51. The van der Waals surface area contributed by atoms with Crippen molar-refractivity contribution in [2.75, 3.05) is 17.2 Å². The van der Waals surface area contributed by atoms with Crippen molar-refractivity contribution in [3.8, 4) is 0 Å². The molecule has 2 N–H and O–H groups in total. The number of benzene rings is 1. The molecule has 0 spiro atoms. The van der Waals surface area contributed by atoms with Crippen molar-refractivity contribution < 1.29 is 4.79 Å². The summed E-state index contributed by atoms with van der Waals surface area (Å²) < 4.78 is 0. The molecule has 1 aromatic carbocycles. The summed E-state index contributed by atoms with van der Waals surface area (Å²) in [5, 5.41) is 6.62. The summed E-state index contributed by atoms with van der Waals surface area (Å²) in [6.07, 6.45) is 0. The van der Waals surface area contributed by atoms with Crippen LogP contribution in [0.3, 0.4) is 0 Å². The molecule has 122 valence electrons. The van der Waals surface area contributed by atoms with Crippen LogP contribution in [-0.2, 0) is 0 Å². The lowest BCUT2D eigenvalue weighted by Gasteiger charge is -2.11. The number of aromatic nitrogens is 2. The molecule has 0 saturated carbocycles. The largest absolute Gasteiger partial charge is 0.370 e. The fourth-order valence-corrected chi connectivity index (χ4v) is 2.37. The van der Waals surface area contributed by atoms with Crippen molar-refractivity contribution in [1.29, 1.82) is 0 Å². The molecule has 2 aromatic rings. The molecule has 5 nitrogen and oxygen atoms in total. The smallest absolute Gasteiger partial charge is 0.274 e. The molecular weight excluding hydrogens is 335 g/mol. The fourth-order valence-electron chi connectivity index (χ4n) is 1.88. The number of hydrogen-bond acceptors (Lipinski definition) is 4. The molecule has 1 heterocycles. The lowest BCUT2D eigenvalue weighted by atomic mass is 10.2. The minimum absolute atomic E-state index is 0.250. The van der Waals surface area contributed by atoms with E-state index >= 15 is 0 Å². The Morgan fingerprint density at radius 3 is 2.48 bits per heavy atom. The molecule has 0 unspecified atom stereocenters. The van der Waals surface area contributed by atoms with E-state index in [-0.39, 0.29) is 5.69 Å². The normalized spacial score (nSPS) is 10.7. The first-order valence-electron chi connectivity index (χ1n) is 7.21. The average molecular weight is 353 g/mol. The molecule has 7 heteroatoms. The van der Waals surface area contributed by atoms with Gasteiger partial charge in [-0.05, 0) is 25.0 Å². The summed E-state index contributed by atoms with van der Waals surface area (Å²) in [6, 6.07) is 6.63. The van der Waals surface area contributed by atoms with Crippen molar-refractivity contribution in [2.24, 2.45) is 5.92 Å². The van der Waals surface area contributed by atoms with Crippen LogP contribution in [0, 0.1) is 12.8 Å². The molecule has 0 aliphatic heterocycles. The van der Waals surface area contributed by atoms with Gasteiger partial charge in [0, 0.05) is 12.6 Å². The number of nitrogens with zero attached hydrogens (tertiary/aromatic N) is 2. The first-order chi connectivity index (χ1) is 10.9. The van der Waals surface area contributed by atoms with Gasteiger partial charge in [-0.2, -0.15) is 0 Å². The molecule has 0 saturated heterocycles. The third kappa shape index (κ3) is 4.81. The molecule has 1 amide bonds. The zero-order valence-corrected chi connectivity index (χ0v) is 14.7. The van der Waals surface area contributed by atoms with Crippen LogP contribution in [0.4, 0.5) is 11.5 Å². The lowest BCUT2D eigenvalue weighted by Crippen LogP contribution is -2.17. The standard InChI is InChI=1S/C16H18Cl2N4O/c1-9(2)8-19-14-7-13(20-10(3)21-14)16(23)22-15-11(17)5-4-6-12(15)18/h4-7,9H,8H2,1-3H3,(H,22,23)(H,19,20,21). The van der Waals surface area contributed by atoms with Gasteiger partial charge in [0.2, 0.25) is 0 Å². The molecule has 0 radical (unpaired) electrons. The Morgan fingerprint density at radius 1 is 1.22 bits per heavy atom. The first kappa shape index (κ1) is 17.5. The highest BCUT2D eigenvalue weighted by atomic mass is 35.5. The lowest BCUT2D eigenvalue weighted by molar-refractivity contribution is 0.102. The minimum atomic E-state index is -0.391. The number of nitrogens with one attached hydrogen (secondary N) is 2. The van der Waals surface area contributed by atoms with Crippen LogP contribution in [0.2, 0.25) is 10.0 Å². The van der Waals surface area contributed by atoms with Gasteiger partial charge < -0.3 is 10.6 Å². The molecule has 0 fully saturated rings. The Balaban J connectivity index is 2.22. The van der Waals surface area contributed by atoms with Gasteiger partial charge >= 0.3 is 0 Å². The summed E-state index contributed by atoms with van der Waals surface area (Å²) >= 11 is 12.1. The third-order valence-corrected chi connectivity index (χ3v) is 3.59. The highest BCUT2D eigenvalue weighted by Gasteiger charge is 2.14. The fraction of sp³-hybridized carbons (Fsp3) is 0.312. The van der Waals surface area contributed by atoms with Gasteiger partial charge in [0.25, 0.3) is 5.91 Å². The van der Waals surface area contributed by atoms with E-state index < -0.39 is 5.91 Å². The van der Waals surface area contributed by atoms with E-state index in [9.17, 15) is 4.79 Å². The zero-order chi connectivity index (χ0) is 17.0. The molecule has 23 heavy (non-hydrogen) atoms. The molecule has 0 aliphatic carbocycles. The minimum Gasteiger partial charge on any atom is -0.370 e. The van der Waals surface area contributed by atoms with Gasteiger partial charge in [-0.25, -0.2) is 9.97 Å². The van der Waals surface area contributed by atoms with E-state index in [1.165, 1.54) is 0 Å². The third-order valence-electron chi connectivity index (χ3n) is 2.96. The maximum absolute atomic E-state index is 12.4. The van der Waals surface area contributed by atoms with E-state index in [0.717, 1.165) is 6.54 Å². The number of amides is 1. The number of anilines is 2. The van der Waals surface area contributed by atoms with Crippen molar-refractivity contribution >= 4 is 40.6 Å². The SMILES string of the molecule is Cc1nc(NCC(C)C)cc(C(=O)Nc2c(Cl)cccc2Cl)n1. The number of carbonyl (C=O) groups is 1. The van der Waals surface area contributed by atoms with Crippen LogP contribution in [0.25, 0.3) is 0 Å². The number of rotatable bonds is 5. The zero-order valence-electron chi connectivity index (χ0n) is 13.2. The summed E-state index contributed by atoms with van der Waals surface area (Å²) in [4.78, 5) is 20.9. The summed E-state index contributed by atoms with van der Waals surface area (Å²) in [5.41, 5.74) is 0.619. The van der Waals surface area contributed by atoms with E-state index in [1.54, 1.807) is 31.2 Å². The molecule has 1 aromatic heterocycles. The highest BCUT2D eigenvalue weighted by Crippen LogP contribution is 2.30. The van der Waals surface area contributed by atoms with Gasteiger partial charge in [-0.3, -0.25) is 4.79 Å². The Hall–Kier alpha value is -1.85. The van der Waals surface area contributed by atoms with Gasteiger partial charge in [0.1, 0.15) is 17.3 Å². The van der Waals surface area contributed by atoms with Crippen LogP contribution < -0.4 is 10.6 Å². The second-order valence-corrected chi connectivity index (χ2v) is 6.33. The quantitative estimate of drug-likeness (QED) is 0.835. The highest BCUT2D eigenvalue weighted by molar-refractivity contribution is 6.40. The van der Waals surface area contributed by atoms with Crippen molar-refractivity contribution in [3.05, 3.63) is 45.8 Å². The molecule has 2 rings (SSSR count). The topological polar surface area (TPSA) is 66.9 Å². The van der Waals surface area contributed by atoms with Crippen LogP contribution in [-0.4, -0.2) is 22.4 Å². The van der Waals surface area contributed by atoms with Gasteiger partial charge in [0.15, 0.2) is 0 Å². The number of hydrogen-bond donors (Lipinski definition) is 2. The van der Waals surface area contributed by atoms with Crippen LogP contribution in [0.1, 0.15) is 30.2 Å². The van der Waals surface area contributed by atoms with Gasteiger partial charge in [-0.15, -0.1) is 0 Å². The second kappa shape index (κ2) is 7.62. The molecule has 0 bridgehead atoms. The van der Waals surface area contributed by atoms with E-state index in [2.05, 4.69) is 34.4 Å². The van der Waals surface area contributed by atoms with Crippen LogP contribution in [0.5, 0.6) is 0 Å². The summed E-state index contributed by atoms with van der Waals surface area (Å²) in [6.45, 7) is 6.68. The van der Waals surface area contributed by atoms with Crippen molar-refractivity contribution in [2.45, 2.75) is 20.8 Å². The van der Waals surface area contributed by atoms with E-state index in [1.807, 2.05) is 0 Å². The summed E-state index contributed by atoms with van der Waals surface area (Å²) in [7, 11) is 0. The molecule has 0 atom stereocenters. The Morgan fingerprint density at radius 2 is 1.87 bits per heavy atom. The molecular formula is C16H18Cl2N4O. The molecule has 0 aliphatic rings. The number of aryl methyl sites for hydroxylation is 1. The number of para-hydroxylation sites is 1. The van der Waals surface area contributed by atoms with Crippen molar-refractivity contribution in [3.63, 3.8) is 0 Å². The van der Waals surface area contributed by atoms with Crippen molar-refractivity contribution in [1.82, 2.24) is 9.97 Å². The first-order valence-corrected chi connectivity index (χ1v) is 7.97. The Labute approximate surface area is 145 Å². The predicted octanol–water partition coefficient (Wildman–Crippen LogP) is 4.41. The maximum Gasteiger partial charge on any atom is 0.274 e. The maximum atomic E-state index is 12.4. The summed E-state index contributed by atoms with van der Waals surface area (Å²) in [5.74, 6) is 1.19. The van der Waals surface area contributed by atoms with E-state index in [0.29, 0.717) is 33.3 Å². The van der Waals surface area contributed by atoms with Crippen LogP contribution in [0.15, 0.2) is 24.3 Å². The Bertz CT molecular complexity index is 699. The Kier molecular flexibility index (Phi) is 5.80.